The molecule has 2 fully saturated rings. The number of nitrogens with zero attached hydrogens (tertiary/aromatic N) is 1. The molecular formula is C21H24F3N5O3. The molecule has 4 N–H and O–H groups in total. The van der Waals surface area contributed by atoms with Gasteiger partial charge in [-0.05, 0) is 31.0 Å². The molecule has 0 spiro atoms. The van der Waals surface area contributed by atoms with Gasteiger partial charge in [0.2, 0.25) is 11.8 Å². The van der Waals surface area contributed by atoms with Crippen LogP contribution in [0.5, 0.6) is 0 Å². The number of alkyl halides is 3. The highest BCUT2D eigenvalue weighted by atomic mass is 19.4. The SMILES string of the molecule is C#CCNC(=O)CCC1CNC(=O)C2CC(NC(=O)Nc3cccc(C(F)(F)F)c3)CN12. The third-order valence-electron chi connectivity index (χ3n) is 5.50. The van der Waals surface area contributed by atoms with Crippen LogP contribution in [-0.4, -0.2) is 60.5 Å². The first kappa shape index (κ1) is 23.4. The van der Waals surface area contributed by atoms with Crippen molar-refractivity contribution in [2.24, 2.45) is 0 Å². The summed E-state index contributed by atoms with van der Waals surface area (Å²) < 4.78 is 38.5. The number of halogens is 3. The number of hydrogen-bond acceptors (Lipinski definition) is 4. The Morgan fingerprint density at radius 1 is 1.31 bits per heavy atom. The monoisotopic (exact) mass is 451 g/mol. The highest BCUT2D eigenvalue weighted by molar-refractivity contribution is 5.90. The molecule has 2 aliphatic heterocycles. The lowest BCUT2D eigenvalue weighted by Gasteiger charge is -2.37. The van der Waals surface area contributed by atoms with Gasteiger partial charge < -0.3 is 21.3 Å². The first-order chi connectivity index (χ1) is 15.2. The van der Waals surface area contributed by atoms with E-state index in [0.29, 0.717) is 25.9 Å². The molecule has 3 atom stereocenters. The molecule has 0 aromatic heterocycles. The summed E-state index contributed by atoms with van der Waals surface area (Å²) in [5.41, 5.74) is -0.847. The van der Waals surface area contributed by atoms with Gasteiger partial charge in [0.25, 0.3) is 0 Å². The molecule has 32 heavy (non-hydrogen) atoms. The van der Waals surface area contributed by atoms with E-state index in [1.165, 1.54) is 12.1 Å². The van der Waals surface area contributed by atoms with Crippen LogP contribution in [0.1, 0.15) is 24.8 Å². The number of terminal acetylenes is 1. The molecule has 2 aliphatic rings. The Balaban J connectivity index is 1.55. The van der Waals surface area contributed by atoms with Gasteiger partial charge in [0.05, 0.1) is 18.2 Å². The van der Waals surface area contributed by atoms with Crippen LogP contribution in [0.15, 0.2) is 24.3 Å². The third kappa shape index (κ3) is 5.91. The fraction of sp³-hybridized carbons (Fsp3) is 0.476. The predicted octanol–water partition coefficient (Wildman–Crippen LogP) is 1.30. The van der Waals surface area contributed by atoms with Crippen LogP contribution in [0, 0.1) is 12.3 Å². The summed E-state index contributed by atoms with van der Waals surface area (Å²) in [5, 5.41) is 10.5. The minimum Gasteiger partial charge on any atom is -0.353 e. The first-order valence-electron chi connectivity index (χ1n) is 10.2. The van der Waals surface area contributed by atoms with Crippen molar-refractivity contribution in [2.45, 2.75) is 43.6 Å². The van der Waals surface area contributed by atoms with Gasteiger partial charge in [-0.2, -0.15) is 13.2 Å². The number of carbonyl (C=O) groups excluding carboxylic acids is 3. The second-order valence-electron chi connectivity index (χ2n) is 7.74. The number of piperazine rings is 1. The largest absolute Gasteiger partial charge is 0.416 e. The molecule has 0 saturated carbocycles. The van der Waals surface area contributed by atoms with E-state index in [0.717, 1.165) is 12.1 Å². The minimum atomic E-state index is -4.51. The van der Waals surface area contributed by atoms with Crippen LogP contribution in [0.3, 0.4) is 0 Å². The number of urea groups is 1. The van der Waals surface area contributed by atoms with E-state index in [-0.39, 0.29) is 42.6 Å². The van der Waals surface area contributed by atoms with Crippen LogP contribution in [0.2, 0.25) is 0 Å². The van der Waals surface area contributed by atoms with E-state index in [4.69, 9.17) is 6.42 Å². The standard InChI is InChI=1S/C21H24F3N5O3/c1-2-8-25-18(30)7-6-16-11-26-19(31)17-10-15(12-29(16)17)28-20(32)27-14-5-3-4-13(9-14)21(22,23)24/h1,3-5,9,15-17H,6-8,10-12H2,(H,25,30)(H,26,31)(H2,27,28,32). The van der Waals surface area contributed by atoms with E-state index in [9.17, 15) is 27.6 Å². The van der Waals surface area contributed by atoms with Gasteiger partial charge in [0.15, 0.2) is 0 Å². The predicted molar refractivity (Wildman–Crippen MR) is 110 cm³/mol. The minimum absolute atomic E-state index is 0.0154. The summed E-state index contributed by atoms with van der Waals surface area (Å²) >= 11 is 0. The molecule has 4 amide bonds. The second kappa shape index (κ2) is 9.91. The van der Waals surface area contributed by atoms with Gasteiger partial charge in [-0.25, -0.2) is 4.79 Å². The molecule has 0 bridgehead atoms. The average molecular weight is 451 g/mol. The quantitative estimate of drug-likeness (QED) is 0.490. The zero-order chi connectivity index (χ0) is 23.3. The number of carbonyl (C=O) groups is 3. The lowest BCUT2D eigenvalue weighted by atomic mass is 10.0. The maximum atomic E-state index is 12.8. The first-order valence-corrected chi connectivity index (χ1v) is 10.2. The molecule has 1 aromatic carbocycles. The van der Waals surface area contributed by atoms with Crippen LogP contribution in [0.4, 0.5) is 23.7 Å². The summed E-state index contributed by atoms with van der Waals surface area (Å²) in [7, 11) is 0. The summed E-state index contributed by atoms with van der Waals surface area (Å²) in [6, 6.07) is 2.81. The van der Waals surface area contributed by atoms with Crippen molar-refractivity contribution in [3.8, 4) is 12.3 Å². The van der Waals surface area contributed by atoms with Gasteiger partial charge in [-0.3, -0.25) is 14.5 Å². The highest BCUT2D eigenvalue weighted by Gasteiger charge is 2.43. The lowest BCUT2D eigenvalue weighted by molar-refractivity contribution is -0.137. The Morgan fingerprint density at radius 3 is 2.81 bits per heavy atom. The zero-order valence-corrected chi connectivity index (χ0v) is 17.2. The van der Waals surface area contributed by atoms with Crippen molar-refractivity contribution in [1.82, 2.24) is 20.9 Å². The summed E-state index contributed by atoms with van der Waals surface area (Å²) in [6.45, 7) is 0.936. The van der Waals surface area contributed by atoms with Gasteiger partial charge in [-0.1, -0.05) is 12.0 Å². The fourth-order valence-electron chi connectivity index (χ4n) is 4.01. The molecule has 172 valence electrons. The Bertz CT molecular complexity index is 915. The highest BCUT2D eigenvalue weighted by Crippen LogP contribution is 2.31. The van der Waals surface area contributed by atoms with E-state index in [2.05, 4.69) is 27.2 Å². The van der Waals surface area contributed by atoms with Gasteiger partial charge in [0, 0.05) is 37.3 Å². The molecule has 0 aliphatic carbocycles. The molecule has 8 nitrogen and oxygen atoms in total. The third-order valence-corrected chi connectivity index (χ3v) is 5.50. The Morgan fingerprint density at radius 2 is 2.09 bits per heavy atom. The van der Waals surface area contributed by atoms with Gasteiger partial charge >= 0.3 is 12.2 Å². The number of rotatable bonds is 6. The molecule has 0 radical (unpaired) electrons. The zero-order valence-electron chi connectivity index (χ0n) is 17.2. The van der Waals surface area contributed by atoms with E-state index in [1.807, 2.05) is 4.90 Å². The number of amides is 4. The van der Waals surface area contributed by atoms with E-state index < -0.39 is 23.8 Å². The number of anilines is 1. The maximum Gasteiger partial charge on any atom is 0.416 e. The maximum absolute atomic E-state index is 12.8. The normalized spacial score (nSPS) is 22.9. The van der Waals surface area contributed by atoms with Crippen molar-refractivity contribution in [2.75, 3.05) is 25.0 Å². The Labute approximate surface area is 183 Å². The summed E-state index contributed by atoms with van der Waals surface area (Å²) in [5.74, 6) is 2.00. The van der Waals surface area contributed by atoms with E-state index in [1.54, 1.807) is 0 Å². The fourth-order valence-corrected chi connectivity index (χ4v) is 4.01. The molecule has 1 aromatic rings. The number of benzene rings is 1. The van der Waals surface area contributed by atoms with Crippen molar-refractivity contribution < 1.29 is 27.6 Å². The van der Waals surface area contributed by atoms with Gasteiger partial charge in [0.1, 0.15) is 0 Å². The van der Waals surface area contributed by atoms with Crippen molar-refractivity contribution >= 4 is 23.5 Å². The van der Waals surface area contributed by atoms with Crippen LogP contribution in [-0.2, 0) is 15.8 Å². The molecule has 2 heterocycles. The Kier molecular flexibility index (Phi) is 7.25. The van der Waals surface area contributed by atoms with E-state index >= 15 is 0 Å². The number of fused-ring (bicyclic) bond motifs is 1. The van der Waals surface area contributed by atoms with Crippen LogP contribution in [0.25, 0.3) is 0 Å². The average Bonchev–Trinajstić information content (AvgIpc) is 3.15. The van der Waals surface area contributed by atoms with Crippen LogP contribution < -0.4 is 21.3 Å². The summed E-state index contributed by atoms with van der Waals surface area (Å²) in [4.78, 5) is 38.4. The molecule has 11 heteroatoms. The molecule has 3 unspecified atom stereocenters. The number of nitrogens with one attached hydrogen (secondary N) is 4. The molecular weight excluding hydrogens is 427 g/mol. The Hall–Kier alpha value is -3.26. The lowest BCUT2D eigenvalue weighted by Crippen LogP contribution is -2.58. The molecule has 3 rings (SSSR count). The van der Waals surface area contributed by atoms with Crippen molar-refractivity contribution in [3.63, 3.8) is 0 Å². The summed E-state index contributed by atoms with van der Waals surface area (Å²) in [6.07, 6.45) is 1.73. The smallest absolute Gasteiger partial charge is 0.353 e. The topological polar surface area (TPSA) is 103 Å². The molecule has 2 saturated heterocycles. The van der Waals surface area contributed by atoms with Crippen molar-refractivity contribution in [3.05, 3.63) is 29.8 Å². The number of hydrogen-bond donors (Lipinski definition) is 4. The van der Waals surface area contributed by atoms with Crippen LogP contribution >= 0.6 is 0 Å². The second-order valence-corrected chi connectivity index (χ2v) is 7.74. The van der Waals surface area contributed by atoms with Crippen molar-refractivity contribution in [1.29, 1.82) is 0 Å². The van der Waals surface area contributed by atoms with Gasteiger partial charge in [-0.15, -0.1) is 6.42 Å².